The Hall–Kier alpha value is -1.37. The van der Waals surface area contributed by atoms with Crippen molar-refractivity contribution in [2.45, 2.75) is 4.90 Å². The topological polar surface area (TPSA) is 72.2 Å². The zero-order valence-electron chi connectivity index (χ0n) is 10.8. The molecule has 0 saturated carbocycles. The Morgan fingerprint density at radius 2 is 2.00 bits per heavy atom. The molecule has 2 rings (SSSR count). The molecular weight excluding hydrogens is 376 g/mol. The van der Waals surface area contributed by atoms with Crippen molar-refractivity contribution in [3.63, 3.8) is 0 Å². The van der Waals surface area contributed by atoms with E-state index in [2.05, 4.69) is 21.2 Å². The normalized spacial score (nSPS) is 11.9. The molecule has 7 heteroatoms. The summed E-state index contributed by atoms with van der Waals surface area (Å²) in [6.07, 6.45) is 0. The van der Waals surface area contributed by atoms with Crippen molar-refractivity contribution < 1.29 is 9.00 Å². The Balaban J connectivity index is 2.03. The highest BCUT2D eigenvalue weighted by molar-refractivity contribution is 9.10. The molecule has 21 heavy (non-hydrogen) atoms. The van der Waals surface area contributed by atoms with Gasteiger partial charge in [-0.3, -0.25) is 9.00 Å². The first-order valence-corrected chi connectivity index (χ1v) is 8.44. The van der Waals surface area contributed by atoms with Gasteiger partial charge in [0.25, 0.3) is 0 Å². The molecule has 0 radical (unpaired) electrons. The molecule has 2 aromatic carbocycles. The first-order valence-electron chi connectivity index (χ1n) is 5.95. The number of halogens is 2. The van der Waals surface area contributed by atoms with Gasteiger partial charge in [0.2, 0.25) is 5.91 Å². The molecule has 0 heterocycles. The number of benzene rings is 2. The molecule has 0 fully saturated rings. The maximum Gasteiger partial charge on any atom is 0.237 e. The van der Waals surface area contributed by atoms with Crippen LogP contribution in [0.2, 0.25) is 5.02 Å². The highest BCUT2D eigenvalue weighted by atomic mass is 79.9. The van der Waals surface area contributed by atoms with Crippen molar-refractivity contribution in [2.24, 2.45) is 0 Å². The number of nitrogens with one attached hydrogen (secondary N) is 1. The summed E-state index contributed by atoms with van der Waals surface area (Å²) >= 11 is 9.12. The molecule has 1 atom stereocenters. The third-order valence-electron chi connectivity index (χ3n) is 2.62. The largest absolute Gasteiger partial charge is 0.397 e. The molecule has 110 valence electrons. The standard InChI is InChI=1S/C14H12BrClN2O2S/c15-10-3-1-2-4-13(10)21(20)8-14(19)18-9-5-6-11(16)12(17)7-9/h1-7H,8,17H2,(H,18,19). The fourth-order valence-corrected chi connectivity index (χ4v) is 3.57. The van der Waals surface area contributed by atoms with Crippen molar-refractivity contribution in [3.05, 3.63) is 52.0 Å². The number of amides is 1. The number of carbonyl (C=O) groups is 1. The van der Waals surface area contributed by atoms with Gasteiger partial charge in [-0.1, -0.05) is 23.7 Å². The lowest BCUT2D eigenvalue weighted by molar-refractivity contribution is -0.113. The van der Waals surface area contributed by atoms with E-state index in [0.29, 0.717) is 25.8 Å². The lowest BCUT2D eigenvalue weighted by Crippen LogP contribution is -2.19. The number of rotatable bonds is 4. The minimum absolute atomic E-state index is 0.134. The monoisotopic (exact) mass is 386 g/mol. The van der Waals surface area contributed by atoms with Crippen LogP contribution in [0.3, 0.4) is 0 Å². The van der Waals surface area contributed by atoms with Crippen LogP contribution in [0.15, 0.2) is 51.8 Å². The lowest BCUT2D eigenvalue weighted by Gasteiger charge is -2.08. The summed E-state index contributed by atoms with van der Waals surface area (Å²) in [5, 5.41) is 3.07. The third kappa shape index (κ3) is 4.30. The van der Waals surface area contributed by atoms with Gasteiger partial charge in [-0.05, 0) is 46.3 Å². The second-order valence-electron chi connectivity index (χ2n) is 4.20. The molecule has 0 aliphatic carbocycles. The average Bonchev–Trinajstić information content (AvgIpc) is 2.43. The van der Waals surface area contributed by atoms with Crippen molar-refractivity contribution >= 4 is 55.6 Å². The first-order chi connectivity index (χ1) is 9.97. The number of nitrogen functional groups attached to an aromatic ring is 1. The molecule has 0 aliphatic rings. The van der Waals surface area contributed by atoms with E-state index in [1.165, 1.54) is 0 Å². The van der Waals surface area contributed by atoms with Crippen LogP contribution >= 0.6 is 27.5 Å². The summed E-state index contributed by atoms with van der Waals surface area (Å²) in [5.74, 6) is -0.490. The molecular formula is C14H12BrClN2O2S. The number of anilines is 2. The van der Waals surface area contributed by atoms with Crippen LogP contribution in [0.4, 0.5) is 11.4 Å². The summed E-state index contributed by atoms with van der Waals surface area (Å²) in [6.45, 7) is 0. The highest BCUT2D eigenvalue weighted by Crippen LogP contribution is 2.23. The van der Waals surface area contributed by atoms with Crippen LogP contribution in [0.5, 0.6) is 0 Å². The summed E-state index contributed by atoms with van der Waals surface area (Å²) in [4.78, 5) is 12.5. The van der Waals surface area contributed by atoms with Gasteiger partial charge in [-0.2, -0.15) is 0 Å². The number of nitrogens with two attached hydrogens (primary N) is 1. The second-order valence-corrected chi connectivity index (χ2v) is 6.89. The van der Waals surface area contributed by atoms with Crippen LogP contribution in [-0.2, 0) is 15.6 Å². The molecule has 0 spiro atoms. The van der Waals surface area contributed by atoms with Crippen molar-refractivity contribution in [1.29, 1.82) is 0 Å². The van der Waals surface area contributed by atoms with Crippen molar-refractivity contribution in [1.82, 2.24) is 0 Å². The van der Waals surface area contributed by atoms with Gasteiger partial charge in [0.1, 0.15) is 5.75 Å². The summed E-state index contributed by atoms with van der Waals surface area (Å²) in [6, 6.07) is 11.9. The van der Waals surface area contributed by atoms with Gasteiger partial charge in [-0.25, -0.2) is 0 Å². The quantitative estimate of drug-likeness (QED) is 0.789. The Labute approximate surface area is 138 Å². The third-order valence-corrected chi connectivity index (χ3v) is 5.29. The Kier molecular flexibility index (Phi) is 5.39. The van der Waals surface area contributed by atoms with Gasteiger partial charge in [0, 0.05) is 10.2 Å². The Morgan fingerprint density at radius 1 is 1.29 bits per heavy atom. The maximum atomic E-state index is 12.2. The average molecular weight is 388 g/mol. The van der Waals surface area contributed by atoms with Gasteiger partial charge in [0.15, 0.2) is 0 Å². The summed E-state index contributed by atoms with van der Waals surface area (Å²) < 4.78 is 12.9. The Bertz CT molecular complexity index is 709. The molecule has 0 bridgehead atoms. The van der Waals surface area contributed by atoms with Crippen LogP contribution in [0.1, 0.15) is 0 Å². The molecule has 1 amide bonds. The smallest absolute Gasteiger partial charge is 0.237 e. The van der Waals surface area contributed by atoms with Crippen LogP contribution in [0.25, 0.3) is 0 Å². The van der Waals surface area contributed by atoms with E-state index in [4.69, 9.17) is 17.3 Å². The fraction of sp³-hybridized carbons (Fsp3) is 0.0714. The van der Waals surface area contributed by atoms with E-state index in [-0.39, 0.29) is 11.7 Å². The molecule has 1 unspecified atom stereocenters. The SMILES string of the molecule is Nc1cc(NC(=O)CS(=O)c2ccccc2Br)ccc1Cl. The van der Waals surface area contributed by atoms with Crippen LogP contribution in [0, 0.1) is 0 Å². The van der Waals surface area contributed by atoms with Crippen molar-refractivity contribution in [2.75, 3.05) is 16.8 Å². The van der Waals surface area contributed by atoms with Crippen LogP contribution in [-0.4, -0.2) is 15.9 Å². The van der Waals surface area contributed by atoms with Crippen molar-refractivity contribution in [3.8, 4) is 0 Å². The zero-order chi connectivity index (χ0) is 15.4. The van der Waals surface area contributed by atoms with Gasteiger partial charge >= 0.3 is 0 Å². The molecule has 0 aliphatic heterocycles. The molecule has 4 nitrogen and oxygen atoms in total. The lowest BCUT2D eigenvalue weighted by atomic mass is 10.3. The minimum Gasteiger partial charge on any atom is -0.397 e. The van der Waals surface area contributed by atoms with E-state index in [0.717, 1.165) is 0 Å². The minimum atomic E-state index is -1.42. The van der Waals surface area contributed by atoms with E-state index in [9.17, 15) is 9.00 Å². The van der Waals surface area contributed by atoms with Gasteiger partial charge in [-0.15, -0.1) is 0 Å². The number of hydrogen-bond donors (Lipinski definition) is 2. The maximum absolute atomic E-state index is 12.2. The number of hydrogen-bond acceptors (Lipinski definition) is 3. The van der Waals surface area contributed by atoms with Crippen LogP contribution < -0.4 is 11.1 Å². The molecule has 2 aromatic rings. The number of carbonyl (C=O) groups excluding carboxylic acids is 1. The predicted octanol–water partition coefficient (Wildman–Crippen LogP) is 3.43. The predicted molar refractivity (Wildman–Crippen MR) is 89.9 cm³/mol. The van der Waals surface area contributed by atoms with E-state index in [1.54, 1.807) is 36.4 Å². The molecule has 0 saturated heterocycles. The van der Waals surface area contributed by atoms with E-state index >= 15 is 0 Å². The zero-order valence-corrected chi connectivity index (χ0v) is 14.0. The van der Waals surface area contributed by atoms with E-state index in [1.807, 2.05) is 6.07 Å². The van der Waals surface area contributed by atoms with Gasteiger partial charge < -0.3 is 11.1 Å². The van der Waals surface area contributed by atoms with Gasteiger partial charge in [0.05, 0.1) is 26.4 Å². The highest BCUT2D eigenvalue weighted by Gasteiger charge is 2.13. The summed E-state index contributed by atoms with van der Waals surface area (Å²) in [5.41, 5.74) is 6.55. The Morgan fingerprint density at radius 3 is 2.67 bits per heavy atom. The first kappa shape index (κ1) is 16.0. The summed E-state index contributed by atoms with van der Waals surface area (Å²) in [7, 11) is -1.42. The molecule has 3 N–H and O–H groups in total. The van der Waals surface area contributed by atoms with E-state index < -0.39 is 10.8 Å². The fourth-order valence-electron chi connectivity index (χ4n) is 1.64. The second kappa shape index (κ2) is 7.06. The molecule has 0 aromatic heterocycles.